The zero-order valence-electron chi connectivity index (χ0n) is 10.5. The summed E-state index contributed by atoms with van der Waals surface area (Å²) in [6.45, 7) is -0.166. The van der Waals surface area contributed by atoms with E-state index in [0.717, 1.165) is 5.56 Å². The van der Waals surface area contributed by atoms with Gasteiger partial charge in [0, 0.05) is 0 Å². The molecule has 0 radical (unpaired) electrons. The van der Waals surface area contributed by atoms with Crippen molar-refractivity contribution in [2.45, 2.75) is 6.04 Å². The van der Waals surface area contributed by atoms with Crippen molar-refractivity contribution in [3.63, 3.8) is 0 Å². The molecule has 2 aromatic rings. The van der Waals surface area contributed by atoms with Crippen LogP contribution in [0.5, 0.6) is 0 Å². The number of halogens is 2. The van der Waals surface area contributed by atoms with E-state index in [9.17, 15) is 9.50 Å². The Morgan fingerprint density at radius 1 is 1.25 bits per heavy atom. The van der Waals surface area contributed by atoms with Gasteiger partial charge in [0.05, 0.1) is 28.4 Å². The first-order chi connectivity index (χ1) is 9.67. The molecule has 0 aliphatic rings. The van der Waals surface area contributed by atoms with Gasteiger partial charge in [0.25, 0.3) is 0 Å². The van der Waals surface area contributed by atoms with Gasteiger partial charge in [-0.25, -0.2) is 4.39 Å². The molecule has 0 aliphatic carbocycles. The summed E-state index contributed by atoms with van der Waals surface area (Å²) in [7, 11) is 0. The van der Waals surface area contributed by atoms with Gasteiger partial charge in [-0.2, -0.15) is 5.26 Å². The molecule has 2 rings (SSSR count). The number of benzene rings is 2. The SMILES string of the molecule is N#Cc1ccc(NC(CO)c2ccccc2)c(F)c1Br. The Hall–Kier alpha value is -1.90. The van der Waals surface area contributed by atoms with Crippen LogP contribution in [0.1, 0.15) is 17.2 Å². The van der Waals surface area contributed by atoms with Crippen LogP contribution in [-0.4, -0.2) is 11.7 Å². The summed E-state index contributed by atoms with van der Waals surface area (Å²) in [6.07, 6.45) is 0. The van der Waals surface area contributed by atoms with Gasteiger partial charge in [0.2, 0.25) is 0 Å². The second kappa shape index (κ2) is 6.51. The van der Waals surface area contributed by atoms with Crippen LogP contribution in [-0.2, 0) is 0 Å². The topological polar surface area (TPSA) is 56.0 Å². The normalized spacial score (nSPS) is 11.7. The van der Waals surface area contributed by atoms with Gasteiger partial charge in [-0.15, -0.1) is 0 Å². The minimum absolute atomic E-state index is 0.120. The molecule has 0 saturated heterocycles. The Bertz CT molecular complexity index is 640. The van der Waals surface area contributed by atoms with E-state index < -0.39 is 11.9 Å². The molecule has 1 unspecified atom stereocenters. The van der Waals surface area contributed by atoms with Gasteiger partial charge in [-0.3, -0.25) is 0 Å². The molecular weight excluding hydrogens is 323 g/mol. The lowest BCUT2D eigenvalue weighted by Crippen LogP contribution is -2.15. The fourth-order valence-corrected chi connectivity index (χ4v) is 2.29. The molecule has 0 bridgehead atoms. The van der Waals surface area contributed by atoms with E-state index in [4.69, 9.17) is 5.26 Å². The number of aliphatic hydroxyl groups excluding tert-OH is 1. The van der Waals surface area contributed by atoms with Gasteiger partial charge in [0.1, 0.15) is 6.07 Å². The van der Waals surface area contributed by atoms with Crippen LogP contribution in [0.2, 0.25) is 0 Å². The molecule has 0 saturated carbocycles. The van der Waals surface area contributed by atoms with E-state index in [0.29, 0.717) is 0 Å². The van der Waals surface area contributed by atoms with Gasteiger partial charge >= 0.3 is 0 Å². The minimum Gasteiger partial charge on any atom is -0.394 e. The maximum absolute atomic E-state index is 14.1. The van der Waals surface area contributed by atoms with E-state index >= 15 is 0 Å². The summed E-state index contributed by atoms with van der Waals surface area (Å²) in [5, 5.41) is 21.2. The van der Waals surface area contributed by atoms with Gasteiger partial charge in [-0.1, -0.05) is 30.3 Å². The number of hydrogen-bond donors (Lipinski definition) is 2. The van der Waals surface area contributed by atoms with Crippen molar-refractivity contribution in [1.82, 2.24) is 0 Å². The van der Waals surface area contributed by atoms with Crippen molar-refractivity contribution in [2.24, 2.45) is 0 Å². The second-order valence-corrected chi connectivity index (χ2v) is 4.98. The van der Waals surface area contributed by atoms with E-state index in [1.54, 1.807) is 0 Å². The van der Waals surface area contributed by atoms with E-state index in [1.807, 2.05) is 36.4 Å². The highest BCUT2D eigenvalue weighted by atomic mass is 79.9. The molecule has 2 N–H and O–H groups in total. The molecule has 1 atom stereocenters. The Kier molecular flexibility index (Phi) is 4.72. The van der Waals surface area contributed by atoms with Gasteiger partial charge in [-0.05, 0) is 33.6 Å². The number of aliphatic hydroxyl groups is 1. The van der Waals surface area contributed by atoms with Gasteiger partial charge in [0.15, 0.2) is 5.82 Å². The van der Waals surface area contributed by atoms with Crippen molar-refractivity contribution in [1.29, 1.82) is 5.26 Å². The molecule has 102 valence electrons. The largest absolute Gasteiger partial charge is 0.394 e. The Balaban J connectivity index is 2.30. The Morgan fingerprint density at radius 2 is 1.95 bits per heavy atom. The van der Waals surface area contributed by atoms with Crippen molar-refractivity contribution < 1.29 is 9.50 Å². The quantitative estimate of drug-likeness (QED) is 0.898. The lowest BCUT2D eigenvalue weighted by molar-refractivity contribution is 0.276. The van der Waals surface area contributed by atoms with Crippen LogP contribution in [0.25, 0.3) is 0 Å². The predicted octanol–water partition coefficient (Wildman–Crippen LogP) is 3.61. The number of rotatable bonds is 4. The third kappa shape index (κ3) is 2.98. The molecule has 0 heterocycles. The Labute approximate surface area is 124 Å². The second-order valence-electron chi connectivity index (χ2n) is 4.19. The van der Waals surface area contributed by atoms with Gasteiger partial charge < -0.3 is 10.4 Å². The van der Waals surface area contributed by atoms with Crippen molar-refractivity contribution in [2.75, 3.05) is 11.9 Å². The minimum atomic E-state index is -0.543. The zero-order valence-corrected chi connectivity index (χ0v) is 12.1. The summed E-state index contributed by atoms with van der Waals surface area (Å²) in [5.41, 5.74) is 1.32. The molecule has 0 aliphatic heterocycles. The van der Waals surface area contributed by atoms with E-state index in [-0.39, 0.29) is 22.3 Å². The predicted molar refractivity (Wildman–Crippen MR) is 78.7 cm³/mol. The first kappa shape index (κ1) is 14.5. The smallest absolute Gasteiger partial charge is 0.161 e. The maximum Gasteiger partial charge on any atom is 0.161 e. The van der Waals surface area contributed by atoms with Crippen LogP contribution in [0.3, 0.4) is 0 Å². The summed E-state index contributed by atoms with van der Waals surface area (Å²) >= 11 is 3.06. The van der Waals surface area contributed by atoms with Crippen molar-refractivity contribution >= 4 is 21.6 Å². The highest BCUT2D eigenvalue weighted by Gasteiger charge is 2.15. The summed E-state index contributed by atoms with van der Waals surface area (Å²) in [5.74, 6) is -0.543. The molecule has 0 amide bonds. The van der Waals surface area contributed by atoms with Crippen LogP contribution in [0, 0.1) is 17.1 Å². The number of nitriles is 1. The Morgan fingerprint density at radius 3 is 2.55 bits per heavy atom. The summed E-state index contributed by atoms with van der Waals surface area (Å²) < 4.78 is 14.2. The molecule has 0 fully saturated rings. The molecule has 2 aromatic carbocycles. The van der Waals surface area contributed by atoms with Crippen molar-refractivity contribution in [3.8, 4) is 6.07 Å². The highest BCUT2D eigenvalue weighted by Crippen LogP contribution is 2.29. The van der Waals surface area contributed by atoms with E-state index in [1.165, 1.54) is 12.1 Å². The first-order valence-electron chi connectivity index (χ1n) is 5.97. The first-order valence-corrected chi connectivity index (χ1v) is 6.77. The van der Waals surface area contributed by atoms with Crippen LogP contribution < -0.4 is 5.32 Å². The molecule has 3 nitrogen and oxygen atoms in total. The maximum atomic E-state index is 14.1. The standard InChI is InChI=1S/C15H12BrFN2O/c16-14-11(8-18)6-7-12(15(14)17)19-13(9-20)10-4-2-1-3-5-10/h1-7,13,19-20H,9H2. The van der Waals surface area contributed by atoms with Crippen LogP contribution >= 0.6 is 15.9 Å². The lowest BCUT2D eigenvalue weighted by atomic mass is 10.1. The van der Waals surface area contributed by atoms with E-state index in [2.05, 4.69) is 21.2 Å². The third-order valence-electron chi connectivity index (χ3n) is 2.92. The summed E-state index contributed by atoms with van der Waals surface area (Å²) in [4.78, 5) is 0. The molecule has 20 heavy (non-hydrogen) atoms. The van der Waals surface area contributed by atoms with Crippen LogP contribution in [0.15, 0.2) is 46.9 Å². The zero-order chi connectivity index (χ0) is 14.5. The average Bonchev–Trinajstić information content (AvgIpc) is 2.50. The summed E-state index contributed by atoms with van der Waals surface area (Å²) in [6, 6.07) is 13.8. The number of nitrogens with zero attached hydrogens (tertiary/aromatic N) is 1. The average molecular weight is 335 g/mol. The third-order valence-corrected chi connectivity index (χ3v) is 3.69. The van der Waals surface area contributed by atoms with Crippen LogP contribution in [0.4, 0.5) is 10.1 Å². The highest BCUT2D eigenvalue weighted by molar-refractivity contribution is 9.10. The lowest BCUT2D eigenvalue weighted by Gasteiger charge is -2.19. The molecular formula is C15H12BrFN2O. The number of nitrogens with one attached hydrogen (secondary N) is 1. The molecule has 5 heteroatoms. The fraction of sp³-hybridized carbons (Fsp3) is 0.133. The molecule has 0 aromatic heterocycles. The fourth-order valence-electron chi connectivity index (χ4n) is 1.85. The number of hydrogen-bond acceptors (Lipinski definition) is 3. The monoisotopic (exact) mass is 334 g/mol. The number of anilines is 1. The van der Waals surface area contributed by atoms with Crippen molar-refractivity contribution in [3.05, 3.63) is 63.9 Å². The molecule has 0 spiro atoms.